The number of rotatable bonds is 7. The van der Waals surface area contributed by atoms with Crippen molar-refractivity contribution in [1.82, 2.24) is 14.5 Å². The number of aryl methyl sites for hydroxylation is 1. The molecule has 0 fully saturated rings. The lowest BCUT2D eigenvalue weighted by Crippen LogP contribution is -2.26. The van der Waals surface area contributed by atoms with Crippen molar-refractivity contribution in [2.24, 2.45) is 0 Å². The summed E-state index contributed by atoms with van der Waals surface area (Å²) < 4.78 is 28.6. The van der Waals surface area contributed by atoms with Gasteiger partial charge in [-0.3, -0.25) is 4.68 Å². The highest BCUT2D eigenvalue weighted by molar-refractivity contribution is 7.89. The summed E-state index contributed by atoms with van der Waals surface area (Å²) in [7, 11) is -3.60. The summed E-state index contributed by atoms with van der Waals surface area (Å²) in [5.74, 6) is 0. The van der Waals surface area contributed by atoms with E-state index in [0.29, 0.717) is 6.54 Å². The summed E-state index contributed by atoms with van der Waals surface area (Å²) in [5.41, 5.74) is 1.55. The van der Waals surface area contributed by atoms with Gasteiger partial charge in [0, 0.05) is 13.1 Å². The Morgan fingerprint density at radius 1 is 1.29 bits per heavy atom. The zero-order valence-corrected chi connectivity index (χ0v) is 12.7. The Morgan fingerprint density at radius 3 is 2.76 bits per heavy atom. The van der Waals surface area contributed by atoms with Gasteiger partial charge < -0.3 is 5.11 Å². The summed E-state index contributed by atoms with van der Waals surface area (Å²) >= 11 is 0. The van der Waals surface area contributed by atoms with Crippen LogP contribution in [0.15, 0.2) is 41.6 Å². The van der Waals surface area contributed by atoms with Crippen molar-refractivity contribution >= 4 is 10.0 Å². The van der Waals surface area contributed by atoms with Crippen LogP contribution < -0.4 is 4.72 Å². The number of aliphatic hydroxyl groups is 1. The molecule has 0 atom stereocenters. The summed E-state index contributed by atoms with van der Waals surface area (Å²) in [6, 6.07) is 8.64. The fourth-order valence-corrected chi connectivity index (χ4v) is 3.18. The van der Waals surface area contributed by atoms with Crippen LogP contribution >= 0.6 is 0 Å². The molecule has 0 aliphatic rings. The molecule has 2 rings (SSSR count). The van der Waals surface area contributed by atoms with Crippen molar-refractivity contribution in [2.45, 2.75) is 38.1 Å². The number of nitrogens with zero attached hydrogens (tertiary/aromatic N) is 2. The quantitative estimate of drug-likeness (QED) is 0.806. The van der Waals surface area contributed by atoms with Gasteiger partial charge in [0.05, 0.1) is 12.8 Å². The molecule has 0 aliphatic carbocycles. The average molecular weight is 309 g/mol. The predicted octanol–water partition coefficient (Wildman–Crippen LogP) is 1.26. The van der Waals surface area contributed by atoms with E-state index in [1.807, 2.05) is 13.0 Å². The molecule has 7 heteroatoms. The molecular formula is C14H19N3O3S. The molecule has 6 nitrogen and oxygen atoms in total. The summed E-state index contributed by atoms with van der Waals surface area (Å²) in [4.78, 5) is 0. The van der Waals surface area contributed by atoms with Crippen LogP contribution in [0, 0.1) is 0 Å². The monoisotopic (exact) mass is 309 g/mol. The van der Waals surface area contributed by atoms with Gasteiger partial charge in [-0.05, 0) is 23.6 Å². The third-order valence-corrected chi connectivity index (χ3v) is 4.45. The maximum Gasteiger partial charge on any atom is 0.258 e. The third kappa shape index (κ3) is 3.90. The first-order valence-electron chi connectivity index (χ1n) is 6.77. The van der Waals surface area contributed by atoms with Crippen LogP contribution in [0.25, 0.3) is 0 Å². The van der Waals surface area contributed by atoms with Crippen LogP contribution in [-0.4, -0.2) is 23.3 Å². The van der Waals surface area contributed by atoms with Crippen molar-refractivity contribution in [3.63, 3.8) is 0 Å². The van der Waals surface area contributed by atoms with E-state index in [1.54, 1.807) is 18.2 Å². The Hall–Kier alpha value is -1.70. The van der Waals surface area contributed by atoms with Crippen LogP contribution in [-0.2, 0) is 29.7 Å². The van der Waals surface area contributed by atoms with E-state index in [2.05, 4.69) is 9.82 Å². The Bertz CT molecular complexity index is 695. The molecule has 2 aromatic rings. The van der Waals surface area contributed by atoms with Crippen LogP contribution in [0.1, 0.15) is 24.5 Å². The number of hydrogen-bond acceptors (Lipinski definition) is 4. The fraction of sp³-hybridized carbons (Fsp3) is 0.357. The van der Waals surface area contributed by atoms with E-state index in [4.69, 9.17) is 5.11 Å². The highest BCUT2D eigenvalue weighted by Crippen LogP contribution is 2.11. The first-order chi connectivity index (χ1) is 10.1. The molecule has 0 radical (unpaired) electrons. The maximum atomic E-state index is 12.3. The second-order valence-corrected chi connectivity index (χ2v) is 6.41. The summed E-state index contributed by atoms with van der Waals surface area (Å²) in [6.07, 6.45) is 2.29. The Morgan fingerprint density at radius 2 is 2.05 bits per heavy atom. The van der Waals surface area contributed by atoms with E-state index < -0.39 is 10.0 Å². The zero-order valence-electron chi connectivity index (χ0n) is 11.9. The Kier molecular flexibility index (Phi) is 5.11. The smallest absolute Gasteiger partial charge is 0.258 e. The predicted molar refractivity (Wildman–Crippen MR) is 78.9 cm³/mol. The molecule has 0 saturated heterocycles. The highest BCUT2D eigenvalue weighted by atomic mass is 32.2. The highest BCUT2D eigenvalue weighted by Gasteiger charge is 2.18. The third-order valence-electron chi connectivity index (χ3n) is 3.03. The lowest BCUT2D eigenvalue weighted by atomic mass is 10.1. The van der Waals surface area contributed by atoms with Gasteiger partial charge in [-0.25, -0.2) is 13.1 Å². The van der Waals surface area contributed by atoms with Gasteiger partial charge in [-0.2, -0.15) is 5.10 Å². The average Bonchev–Trinajstić information content (AvgIpc) is 2.95. The largest absolute Gasteiger partial charge is 0.392 e. The van der Waals surface area contributed by atoms with Gasteiger partial charge in [-0.15, -0.1) is 0 Å². The second-order valence-electron chi connectivity index (χ2n) is 4.70. The van der Waals surface area contributed by atoms with Gasteiger partial charge in [0.1, 0.15) is 0 Å². The second kappa shape index (κ2) is 6.84. The minimum atomic E-state index is -3.60. The maximum absolute atomic E-state index is 12.3. The molecular weight excluding hydrogens is 290 g/mol. The van der Waals surface area contributed by atoms with Crippen molar-refractivity contribution in [3.05, 3.63) is 47.7 Å². The number of benzene rings is 1. The molecule has 0 bridgehead atoms. The Labute approximate surface area is 124 Å². The van der Waals surface area contributed by atoms with Gasteiger partial charge >= 0.3 is 0 Å². The first-order valence-corrected chi connectivity index (χ1v) is 8.25. The number of nitrogens with one attached hydrogen (secondary N) is 1. The number of aromatic nitrogens is 2. The number of aliphatic hydroxyl groups excluding tert-OH is 1. The standard InChI is InChI=1S/C14H19N3O3S/c1-2-8-17-14(6-7-15-17)21(19,20)16-10-12-4-3-5-13(9-12)11-18/h3-7,9,16,18H,2,8,10-11H2,1H3. The van der Waals surface area contributed by atoms with E-state index in [0.717, 1.165) is 17.5 Å². The molecule has 1 aromatic carbocycles. The van der Waals surface area contributed by atoms with E-state index in [9.17, 15) is 8.42 Å². The normalized spacial score (nSPS) is 11.7. The van der Waals surface area contributed by atoms with Crippen molar-refractivity contribution in [1.29, 1.82) is 0 Å². The SMILES string of the molecule is CCCn1nccc1S(=O)(=O)NCc1cccc(CO)c1. The molecule has 1 heterocycles. The number of hydrogen-bond donors (Lipinski definition) is 2. The van der Waals surface area contributed by atoms with Gasteiger partial charge in [0.15, 0.2) is 5.03 Å². The molecule has 0 aliphatic heterocycles. The minimum absolute atomic E-state index is 0.0656. The summed E-state index contributed by atoms with van der Waals surface area (Å²) in [5, 5.41) is 13.3. The Balaban J connectivity index is 2.12. The van der Waals surface area contributed by atoms with E-state index >= 15 is 0 Å². The molecule has 0 spiro atoms. The molecule has 0 unspecified atom stereocenters. The fourth-order valence-electron chi connectivity index (χ4n) is 2.02. The molecule has 0 amide bonds. The van der Waals surface area contributed by atoms with Gasteiger partial charge in [-0.1, -0.05) is 31.2 Å². The van der Waals surface area contributed by atoms with Crippen molar-refractivity contribution < 1.29 is 13.5 Å². The van der Waals surface area contributed by atoms with Crippen LogP contribution in [0.4, 0.5) is 0 Å². The summed E-state index contributed by atoms with van der Waals surface area (Å²) in [6.45, 7) is 2.63. The molecule has 1 aromatic heterocycles. The molecule has 21 heavy (non-hydrogen) atoms. The van der Waals surface area contributed by atoms with Crippen LogP contribution in [0.2, 0.25) is 0 Å². The number of sulfonamides is 1. The first kappa shape index (κ1) is 15.7. The zero-order chi connectivity index (χ0) is 15.3. The van der Waals surface area contributed by atoms with Gasteiger partial charge in [0.25, 0.3) is 10.0 Å². The lowest BCUT2D eigenvalue weighted by Gasteiger charge is -2.09. The van der Waals surface area contributed by atoms with E-state index in [-0.39, 0.29) is 18.2 Å². The van der Waals surface area contributed by atoms with Crippen molar-refractivity contribution in [2.75, 3.05) is 0 Å². The van der Waals surface area contributed by atoms with Gasteiger partial charge in [0.2, 0.25) is 0 Å². The van der Waals surface area contributed by atoms with E-state index in [1.165, 1.54) is 16.9 Å². The van der Waals surface area contributed by atoms with Crippen molar-refractivity contribution in [3.8, 4) is 0 Å². The molecule has 114 valence electrons. The topological polar surface area (TPSA) is 84.2 Å². The molecule has 0 saturated carbocycles. The molecule has 2 N–H and O–H groups in total. The van der Waals surface area contributed by atoms with Crippen LogP contribution in [0.5, 0.6) is 0 Å². The minimum Gasteiger partial charge on any atom is -0.392 e. The lowest BCUT2D eigenvalue weighted by molar-refractivity contribution is 0.281. The van der Waals surface area contributed by atoms with Crippen LogP contribution in [0.3, 0.4) is 0 Å².